The summed E-state index contributed by atoms with van der Waals surface area (Å²) in [6, 6.07) is 5.83. The summed E-state index contributed by atoms with van der Waals surface area (Å²) in [7, 11) is 1.63. The van der Waals surface area contributed by atoms with Crippen molar-refractivity contribution in [3.8, 4) is 5.69 Å². The Labute approximate surface area is 146 Å². The highest BCUT2D eigenvalue weighted by molar-refractivity contribution is 5.90. The first-order chi connectivity index (χ1) is 11.1. The van der Waals surface area contributed by atoms with Crippen LogP contribution < -0.4 is 10.6 Å². The second-order valence-corrected chi connectivity index (χ2v) is 4.87. The Hall–Kier alpha value is -2.03. The lowest BCUT2D eigenvalue weighted by molar-refractivity contribution is 0.0943. The zero-order valence-electron chi connectivity index (χ0n) is 13.6. The summed E-state index contributed by atoms with van der Waals surface area (Å²) in [6.45, 7) is 4.18. The van der Waals surface area contributed by atoms with E-state index >= 15 is 0 Å². The van der Waals surface area contributed by atoms with Gasteiger partial charge in [-0.25, -0.2) is 14.1 Å². The number of amides is 1. The average Bonchev–Trinajstić information content (AvgIpc) is 2.93. The maximum absolute atomic E-state index is 13.0. The maximum Gasteiger partial charge on any atom is 0.291 e. The highest BCUT2D eigenvalue weighted by atomic mass is 35.5. The largest absolute Gasteiger partial charge is 0.383 e. The number of hydrogen-bond donors (Lipinski definition) is 2. The molecule has 0 saturated heterocycles. The number of methoxy groups -OCH3 is 1. The lowest BCUT2D eigenvalue weighted by atomic mass is 10.3. The molecule has 1 amide bonds. The van der Waals surface area contributed by atoms with E-state index in [1.807, 2.05) is 0 Å². The molecule has 7 nitrogen and oxygen atoms in total. The molecule has 0 atom stereocenters. The molecule has 0 aliphatic carbocycles. The molecule has 9 heteroatoms. The Morgan fingerprint density at radius 1 is 1.25 bits per heavy atom. The van der Waals surface area contributed by atoms with Crippen LogP contribution in [0.25, 0.3) is 5.69 Å². The Balaban J connectivity index is 0.00000288. The fourth-order valence-electron chi connectivity index (χ4n) is 1.96. The second-order valence-electron chi connectivity index (χ2n) is 4.87. The van der Waals surface area contributed by atoms with Gasteiger partial charge in [-0.3, -0.25) is 4.79 Å². The third kappa shape index (κ3) is 5.55. The smallest absolute Gasteiger partial charge is 0.291 e. The maximum atomic E-state index is 13.0. The predicted octanol–water partition coefficient (Wildman–Crippen LogP) is 1.10. The number of benzene rings is 1. The first-order valence-electron chi connectivity index (χ1n) is 7.29. The zero-order valence-corrected chi connectivity index (χ0v) is 14.4. The van der Waals surface area contributed by atoms with Crippen LogP contribution in [0.3, 0.4) is 0 Å². The van der Waals surface area contributed by atoms with Crippen LogP contribution in [0.2, 0.25) is 0 Å². The normalized spacial score (nSPS) is 10.3. The lowest BCUT2D eigenvalue weighted by Gasteiger charge is -2.04. The second kappa shape index (κ2) is 9.96. The number of nitrogens with one attached hydrogen (secondary N) is 2. The fourth-order valence-corrected chi connectivity index (χ4v) is 1.96. The summed E-state index contributed by atoms with van der Waals surface area (Å²) >= 11 is 0. The van der Waals surface area contributed by atoms with E-state index in [0.717, 1.165) is 6.54 Å². The minimum absolute atomic E-state index is 0. The van der Waals surface area contributed by atoms with Gasteiger partial charge in [-0.15, -0.1) is 17.5 Å². The summed E-state index contributed by atoms with van der Waals surface area (Å²) in [5.74, 6) is -0.0309. The number of aromatic nitrogens is 3. The molecule has 2 rings (SSSR count). The number of nitrogens with zero attached hydrogens (tertiary/aromatic N) is 3. The number of hydrogen-bond acceptors (Lipinski definition) is 5. The summed E-state index contributed by atoms with van der Waals surface area (Å²) in [5.41, 5.74) is 0.650. The number of ether oxygens (including phenoxy) is 1. The molecular weight excluding hydrogens is 337 g/mol. The number of rotatable bonds is 8. The average molecular weight is 358 g/mol. The van der Waals surface area contributed by atoms with Crippen molar-refractivity contribution in [3.05, 3.63) is 41.7 Å². The van der Waals surface area contributed by atoms with E-state index in [0.29, 0.717) is 31.2 Å². The molecule has 24 heavy (non-hydrogen) atoms. The van der Waals surface area contributed by atoms with E-state index in [9.17, 15) is 9.18 Å². The molecule has 132 valence electrons. The zero-order chi connectivity index (χ0) is 16.7. The molecule has 1 heterocycles. The fraction of sp³-hybridized carbons (Fsp3) is 0.400. The first kappa shape index (κ1) is 20.0. The van der Waals surface area contributed by atoms with Crippen molar-refractivity contribution in [2.24, 2.45) is 0 Å². The Bertz CT molecular complexity index is 648. The molecule has 0 bridgehead atoms. The van der Waals surface area contributed by atoms with Crippen molar-refractivity contribution < 1.29 is 13.9 Å². The molecule has 0 aliphatic heterocycles. The molecule has 2 aromatic rings. The quantitative estimate of drug-likeness (QED) is 0.691. The van der Waals surface area contributed by atoms with Gasteiger partial charge in [-0.2, -0.15) is 0 Å². The minimum atomic E-state index is -0.345. The number of carbonyl (C=O) groups excluding carboxylic acids is 1. The summed E-state index contributed by atoms with van der Waals surface area (Å²) in [5, 5.41) is 10.0. The number of aryl methyl sites for hydroxylation is 1. The molecule has 0 saturated carbocycles. The van der Waals surface area contributed by atoms with E-state index in [1.54, 1.807) is 26.2 Å². The lowest BCUT2D eigenvalue weighted by Crippen LogP contribution is -2.33. The van der Waals surface area contributed by atoms with Gasteiger partial charge in [-0.1, -0.05) is 0 Å². The van der Waals surface area contributed by atoms with Gasteiger partial charge in [0.1, 0.15) is 11.6 Å². The molecule has 0 aliphatic rings. The molecular formula is C15H21ClFN5O2. The molecule has 1 aromatic heterocycles. The van der Waals surface area contributed by atoms with Gasteiger partial charge < -0.3 is 15.4 Å². The molecule has 0 fully saturated rings. The Morgan fingerprint density at radius 2 is 1.96 bits per heavy atom. The summed E-state index contributed by atoms with van der Waals surface area (Å²) in [4.78, 5) is 16.2. The minimum Gasteiger partial charge on any atom is -0.383 e. The topological polar surface area (TPSA) is 81.1 Å². The van der Waals surface area contributed by atoms with Gasteiger partial charge in [-0.05, 0) is 31.2 Å². The van der Waals surface area contributed by atoms with Crippen LogP contribution in [0.5, 0.6) is 0 Å². The van der Waals surface area contributed by atoms with Crippen molar-refractivity contribution in [2.45, 2.75) is 6.92 Å². The van der Waals surface area contributed by atoms with Gasteiger partial charge in [0, 0.05) is 26.7 Å². The van der Waals surface area contributed by atoms with Gasteiger partial charge in [0.25, 0.3) is 5.91 Å². The van der Waals surface area contributed by atoms with Crippen LogP contribution in [-0.4, -0.2) is 54.0 Å². The highest BCUT2D eigenvalue weighted by Gasteiger charge is 2.14. The molecule has 0 spiro atoms. The molecule has 0 radical (unpaired) electrons. The van der Waals surface area contributed by atoms with E-state index in [1.165, 1.54) is 16.8 Å². The van der Waals surface area contributed by atoms with Crippen LogP contribution in [0, 0.1) is 12.7 Å². The number of carbonyl (C=O) groups is 1. The van der Waals surface area contributed by atoms with Crippen molar-refractivity contribution in [1.82, 2.24) is 25.4 Å². The monoisotopic (exact) mass is 357 g/mol. The third-order valence-corrected chi connectivity index (χ3v) is 3.11. The van der Waals surface area contributed by atoms with Crippen molar-refractivity contribution in [3.63, 3.8) is 0 Å². The Morgan fingerprint density at radius 3 is 2.62 bits per heavy atom. The van der Waals surface area contributed by atoms with E-state index in [4.69, 9.17) is 4.74 Å². The van der Waals surface area contributed by atoms with Crippen molar-refractivity contribution in [2.75, 3.05) is 33.4 Å². The number of halogens is 2. The van der Waals surface area contributed by atoms with E-state index in [2.05, 4.69) is 20.7 Å². The van der Waals surface area contributed by atoms with Crippen LogP contribution in [0.4, 0.5) is 4.39 Å². The molecule has 2 N–H and O–H groups in total. The van der Waals surface area contributed by atoms with Crippen LogP contribution in [0.1, 0.15) is 16.4 Å². The van der Waals surface area contributed by atoms with Crippen molar-refractivity contribution in [1.29, 1.82) is 0 Å². The van der Waals surface area contributed by atoms with Gasteiger partial charge in [0.2, 0.25) is 5.82 Å². The van der Waals surface area contributed by atoms with Crippen LogP contribution in [-0.2, 0) is 4.74 Å². The standard InChI is InChI=1S/C15H20FN5O2.ClH/c1-11-19-14(15(22)18-8-7-17-9-10-23-2)20-21(11)13-5-3-12(16)4-6-13;/h3-6,17H,7-10H2,1-2H3,(H,18,22);1H. The van der Waals surface area contributed by atoms with Gasteiger partial charge >= 0.3 is 0 Å². The predicted molar refractivity (Wildman–Crippen MR) is 90.4 cm³/mol. The Kier molecular flexibility index (Phi) is 8.31. The van der Waals surface area contributed by atoms with E-state index < -0.39 is 0 Å². The SMILES string of the molecule is COCCNCCNC(=O)c1nc(C)n(-c2ccc(F)cc2)n1.Cl. The summed E-state index contributed by atoms with van der Waals surface area (Å²) in [6.07, 6.45) is 0. The molecule has 0 unspecified atom stereocenters. The third-order valence-electron chi connectivity index (χ3n) is 3.11. The van der Waals surface area contributed by atoms with Crippen LogP contribution >= 0.6 is 12.4 Å². The van der Waals surface area contributed by atoms with E-state index in [-0.39, 0.29) is 30.0 Å². The summed E-state index contributed by atoms with van der Waals surface area (Å²) < 4.78 is 19.4. The first-order valence-corrected chi connectivity index (χ1v) is 7.29. The van der Waals surface area contributed by atoms with Gasteiger partial charge in [0.05, 0.1) is 12.3 Å². The van der Waals surface area contributed by atoms with Gasteiger partial charge in [0.15, 0.2) is 0 Å². The van der Waals surface area contributed by atoms with Crippen LogP contribution in [0.15, 0.2) is 24.3 Å². The highest BCUT2D eigenvalue weighted by Crippen LogP contribution is 2.10. The molecule has 1 aromatic carbocycles. The van der Waals surface area contributed by atoms with Crippen molar-refractivity contribution >= 4 is 18.3 Å².